The minimum atomic E-state index is -3.67. The molecule has 0 aromatic heterocycles. The Kier molecular flexibility index (Phi) is 13.4. The van der Waals surface area contributed by atoms with E-state index in [9.17, 15) is 18.0 Å². The Hall–Kier alpha value is -3.97. The number of morpholine rings is 1. The molecule has 12 heteroatoms. The van der Waals surface area contributed by atoms with E-state index in [1.807, 2.05) is 49.4 Å². The van der Waals surface area contributed by atoms with E-state index in [0.717, 1.165) is 11.1 Å². The van der Waals surface area contributed by atoms with E-state index in [0.29, 0.717) is 70.4 Å². The first-order chi connectivity index (χ1) is 22.3. The van der Waals surface area contributed by atoms with Crippen LogP contribution in [0.15, 0.2) is 83.8 Å². The van der Waals surface area contributed by atoms with Gasteiger partial charge in [0.2, 0.25) is 15.9 Å². The number of rotatable bonds is 17. The molecule has 46 heavy (non-hydrogen) atoms. The number of ether oxygens (including phenoxy) is 4. The van der Waals surface area contributed by atoms with Crippen LogP contribution in [0.1, 0.15) is 24.5 Å². The molecule has 0 spiro atoms. The molecule has 0 radical (unpaired) electrons. The highest BCUT2D eigenvalue weighted by Crippen LogP contribution is 2.22. The number of nitrogens with zero attached hydrogens (tertiary/aromatic N) is 2. The van der Waals surface area contributed by atoms with Crippen molar-refractivity contribution in [2.24, 2.45) is 0 Å². The topological polar surface area (TPSA) is 124 Å². The molecule has 1 saturated heterocycles. The van der Waals surface area contributed by atoms with Crippen molar-refractivity contribution in [3.8, 4) is 11.5 Å². The van der Waals surface area contributed by atoms with Crippen molar-refractivity contribution in [3.63, 3.8) is 0 Å². The summed E-state index contributed by atoms with van der Waals surface area (Å²) in [6.07, 6.45) is 0.943. The summed E-state index contributed by atoms with van der Waals surface area (Å²) in [6, 6.07) is 22.0. The van der Waals surface area contributed by atoms with Crippen LogP contribution in [0.4, 0.5) is 0 Å². The van der Waals surface area contributed by atoms with Crippen LogP contribution in [0.5, 0.6) is 11.5 Å². The SMILES string of the molecule is CCOCCCNC(=O)[C@H](Cc1ccccc1)N(Cc1ccc(OC)cc1)C(=O)COc1ccc(S(=O)(=O)N2CCOCC2)cc1. The average molecular weight is 654 g/mol. The third kappa shape index (κ3) is 10.0. The van der Waals surface area contributed by atoms with Gasteiger partial charge in [0.15, 0.2) is 6.61 Å². The van der Waals surface area contributed by atoms with Crippen LogP contribution in [0.25, 0.3) is 0 Å². The van der Waals surface area contributed by atoms with E-state index in [-0.39, 0.29) is 24.0 Å². The quantitative estimate of drug-likeness (QED) is 0.220. The van der Waals surface area contributed by atoms with Crippen molar-refractivity contribution in [2.45, 2.75) is 37.2 Å². The summed E-state index contributed by atoms with van der Waals surface area (Å²) in [7, 11) is -2.08. The maximum absolute atomic E-state index is 13.9. The van der Waals surface area contributed by atoms with Crippen molar-refractivity contribution >= 4 is 21.8 Å². The number of hydrogen-bond acceptors (Lipinski definition) is 8. The Morgan fingerprint density at radius 3 is 2.26 bits per heavy atom. The third-order valence-corrected chi connectivity index (χ3v) is 9.46. The minimum absolute atomic E-state index is 0.137. The second-order valence-corrected chi connectivity index (χ2v) is 12.6. The van der Waals surface area contributed by atoms with Gasteiger partial charge in [0.05, 0.1) is 25.2 Å². The van der Waals surface area contributed by atoms with Gasteiger partial charge in [-0.15, -0.1) is 0 Å². The van der Waals surface area contributed by atoms with E-state index in [1.165, 1.54) is 33.5 Å². The number of amides is 2. The zero-order valence-electron chi connectivity index (χ0n) is 26.4. The zero-order chi connectivity index (χ0) is 32.8. The first-order valence-electron chi connectivity index (χ1n) is 15.4. The lowest BCUT2D eigenvalue weighted by Crippen LogP contribution is -2.51. The molecule has 1 atom stereocenters. The Balaban J connectivity index is 1.53. The van der Waals surface area contributed by atoms with Crippen molar-refractivity contribution in [2.75, 3.05) is 59.8 Å². The molecule has 248 valence electrons. The van der Waals surface area contributed by atoms with Crippen LogP contribution in [0, 0.1) is 0 Å². The molecule has 0 unspecified atom stereocenters. The third-order valence-electron chi connectivity index (χ3n) is 7.55. The lowest BCUT2D eigenvalue weighted by Gasteiger charge is -2.31. The summed E-state index contributed by atoms with van der Waals surface area (Å²) in [6.45, 7) is 4.55. The standard InChI is InChI=1S/C34H43N3O8S/c1-3-43-21-7-18-35-34(39)32(24-27-8-5-4-6-9-27)37(25-28-10-12-29(42-2)13-11-28)33(38)26-45-30-14-16-31(17-15-30)46(40,41)36-19-22-44-23-20-36/h4-6,8-17,32H,3,7,18-26H2,1-2H3,(H,35,39)/t32-/m0/s1. The summed E-state index contributed by atoms with van der Waals surface area (Å²) in [5.41, 5.74) is 1.72. The van der Waals surface area contributed by atoms with Gasteiger partial charge in [-0.1, -0.05) is 42.5 Å². The van der Waals surface area contributed by atoms with Crippen LogP contribution in [0.3, 0.4) is 0 Å². The summed E-state index contributed by atoms with van der Waals surface area (Å²) >= 11 is 0. The van der Waals surface area contributed by atoms with Crippen molar-refractivity contribution < 1.29 is 37.0 Å². The lowest BCUT2D eigenvalue weighted by atomic mass is 10.0. The summed E-state index contributed by atoms with van der Waals surface area (Å²) in [4.78, 5) is 29.2. The number of nitrogens with one attached hydrogen (secondary N) is 1. The molecule has 1 aliphatic rings. The molecule has 1 heterocycles. The van der Waals surface area contributed by atoms with Gasteiger partial charge in [-0.25, -0.2) is 8.42 Å². The maximum Gasteiger partial charge on any atom is 0.261 e. The molecule has 3 aromatic carbocycles. The van der Waals surface area contributed by atoms with Crippen LogP contribution < -0.4 is 14.8 Å². The predicted octanol–water partition coefficient (Wildman–Crippen LogP) is 3.28. The minimum Gasteiger partial charge on any atom is -0.497 e. The summed E-state index contributed by atoms with van der Waals surface area (Å²) in [5, 5.41) is 2.98. The fourth-order valence-electron chi connectivity index (χ4n) is 5.00. The van der Waals surface area contributed by atoms with Gasteiger partial charge < -0.3 is 29.2 Å². The Labute approximate surface area is 271 Å². The lowest BCUT2D eigenvalue weighted by molar-refractivity contribution is -0.142. The van der Waals surface area contributed by atoms with Crippen LogP contribution in [0.2, 0.25) is 0 Å². The van der Waals surface area contributed by atoms with Gasteiger partial charge in [0.1, 0.15) is 17.5 Å². The van der Waals surface area contributed by atoms with Crippen LogP contribution in [-0.4, -0.2) is 95.3 Å². The number of sulfonamides is 1. The number of carbonyl (C=O) groups is 2. The highest BCUT2D eigenvalue weighted by Gasteiger charge is 2.31. The van der Waals surface area contributed by atoms with E-state index in [4.69, 9.17) is 18.9 Å². The average Bonchev–Trinajstić information content (AvgIpc) is 3.09. The number of benzene rings is 3. The molecule has 0 bridgehead atoms. The van der Waals surface area contributed by atoms with E-state index in [1.54, 1.807) is 19.2 Å². The van der Waals surface area contributed by atoms with Crippen LogP contribution >= 0.6 is 0 Å². The van der Waals surface area contributed by atoms with Gasteiger partial charge in [-0.3, -0.25) is 9.59 Å². The molecule has 0 saturated carbocycles. The van der Waals surface area contributed by atoms with Crippen molar-refractivity contribution in [1.82, 2.24) is 14.5 Å². The van der Waals surface area contributed by atoms with Crippen molar-refractivity contribution in [3.05, 3.63) is 90.0 Å². The van der Waals surface area contributed by atoms with Gasteiger partial charge >= 0.3 is 0 Å². The number of carbonyl (C=O) groups excluding carboxylic acids is 2. The zero-order valence-corrected chi connectivity index (χ0v) is 27.2. The van der Waals surface area contributed by atoms with E-state index < -0.39 is 22.0 Å². The van der Waals surface area contributed by atoms with Gasteiger partial charge in [0.25, 0.3) is 5.91 Å². The smallest absolute Gasteiger partial charge is 0.261 e. The van der Waals surface area contributed by atoms with Gasteiger partial charge in [-0.2, -0.15) is 4.31 Å². The molecule has 3 aromatic rings. The van der Waals surface area contributed by atoms with E-state index >= 15 is 0 Å². The summed E-state index contributed by atoms with van der Waals surface area (Å²) < 4.78 is 49.2. The Morgan fingerprint density at radius 1 is 0.935 bits per heavy atom. The number of methoxy groups -OCH3 is 1. The maximum atomic E-state index is 13.9. The molecule has 2 amide bonds. The normalized spacial score (nSPS) is 14.3. The highest BCUT2D eigenvalue weighted by atomic mass is 32.2. The fraction of sp³-hybridized carbons (Fsp3) is 0.412. The second kappa shape index (κ2) is 17.7. The van der Waals surface area contributed by atoms with E-state index in [2.05, 4.69) is 5.32 Å². The molecule has 11 nitrogen and oxygen atoms in total. The molecule has 4 rings (SSSR count). The molecule has 1 aliphatic heterocycles. The molecular weight excluding hydrogens is 610 g/mol. The largest absolute Gasteiger partial charge is 0.497 e. The highest BCUT2D eigenvalue weighted by molar-refractivity contribution is 7.89. The molecule has 1 fully saturated rings. The van der Waals surface area contributed by atoms with Crippen molar-refractivity contribution in [1.29, 1.82) is 0 Å². The first kappa shape index (κ1) is 34.9. The number of hydrogen-bond donors (Lipinski definition) is 1. The predicted molar refractivity (Wildman–Crippen MR) is 173 cm³/mol. The fourth-order valence-corrected chi connectivity index (χ4v) is 6.41. The molecule has 0 aliphatic carbocycles. The second-order valence-electron chi connectivity index (χ2n) is 10.7. The molecular formula is C34H43N3O8S. The monoisotopic (exact) mass is 653 g/mol. The first-order valence-corrected chi connectivity index (χ1v) is 16.9. The summed E-state index contributed by atoms with van der Waals surface area (Å²) in [5.74, 6) is 0.335. The van der Waals surface area contributed by atoms with Gasteiger partial charge in [-0.05, 0) is 60.9 Å². The molecule has 1 N–H and O–H groups in total. The van der Waals surface area contributed by atoms with Crippen LogP contribution in [-0.2, 0) is 42.1 Å². The van der Waals surface area contributed by atoms with Gasteiger partial charge in [0, 0.05) is 45.8 Å². The Bertz CT molecular complexity index is 1480. The Morgan fingerprint density at radius 2 is 1.61 bits per heavy atom.